The van der Waals surface area contributed by atoms with Gasteiger partial charge in [-0.3, -0.25) is 0 Å². The fraction of sp³-hybridized carbons (Fsp3) is 0. The van der Waals surface area contributed by atoms with Gasteiger partial charge < -0.3 is 19.6 Å². The van der Waals surface area contributed by atoms with Gasteiger partial charge in [0, 0.05) is 67.6 Å². The molecule has 0 atom stereocenters. The molecule has 0 bridgehead atoms. The molecule has 0 N–H and O–H groups in total. The summed E-state index contributed by atoms with van der Waals surface area (Å²) in [7, 11) is 0. The van der Waals surface area contributed by atoms with Crippen molar-refractivity contribution in [2.45, 2.75) is 0 Å². The quantitative estimate of drug-likeness (QED) is 0.0849. The van der Waals surface area contributed by atoms with E-state index in [-0.39, 0.29) is 0 Å². The molecular formula is C88H68N4. The molecule has 0 saturated carbocycles. The van der Waals surface area contributed by atoms with E-state index in [2.05, 4.69) is 373 Å². The average molecular weight is 1180 g/mol. The summed E-state index contributed by atoms with van der Waals surface area (Å²) in [4.78, 5) is 9.22. The third kappa shape index (κ3) is 12.5. The summed E-state index contributed by atoms with van der Waals surface area (Å²) in [5.74, 6) is 0. The molecule has 14 aromatic rings. The van der Waals surface area contributed by atoms with Gasteiger partial charge in [-0.05, 0) is 189 Å². The minimum absolute atomic E-state index is 1.10. The molecule has 0 aliphatic rings. The van der Waals surface area contributed by atoms with E-state index in [9.17, 15) is 0 Å². The van der Waals surface area contributed by atoms with Gasteiger partial charge in [-0.2, -0.15) is 0 Å². The predicted molar refractivity (Wildman–Crippen MR) is 398 cm³/mol. The van der Waals surface area contributed by atoms with E-state index >= 15 is 0 Å². The Hall–Kier alpha value is -12.2. The molecule has 0 saturated heterocycles. The molecule has 0 unspecified atom stereocenters. The molecular weight excluding hydrogens is 1110 g/mol. The van der Waals surface area contributed by atoms with Crippen LogP contribution in [0.15, 0.2) is 366 Å². The normalized spacial score (nSPS) is 10.8. The van der Waals surface area contributed by atoms with Crippen molar-refractivity contribution in [2.75, 3.05) is 19.6 Å². The second kappa shape index (κ2) is 27.4. The third-order valence-electron chi connectivity index (χ3n) is 16.8. The monoisotopic (exact) mass is 1180 g/mol. The number of fused-ring (bicyclic) bond motifs is 2. The lowest BCUT2D eigenvalue weighted by atomic mass is 10.00. The summed E-state index contributed by atoms with van der Waals surface area (Å²) in [5, 5.41) is 4.74. The van der Waals surface area contributed by atoms with Crippen molar-refractivity contribution in [3.05, 3.63) is 388 Å². The molecule has 14 aromatic carbocycles. The van der Waals surface area contributed by atoms with Crippen molar-refractivity contribution in [1.82, 2.24) is 0 Å². The summed E-state index contributed by atoms with van der Waals surface area (Å²) >= 11 is 0. The van der Waals surface area contributed by atoms with Crippen LogP contribution in [0.3, 0.4) is 0 Å². The number of rotatable bonds is 18. The second-order valence-corrected chi connectivity index (χ2v) is 22.3. The van der Waals surface area contributed by atoms with Gasteiger partial charge in [-0.1, -0.05) is 257 Å². The number of para-hydroxylation sites is 4. The molecule has 440 valence electrons. The summed E-state index contributed by atoms with van der Waals surface area (Å²) < 4.78 is 0. The fourth-order valence-electron chi connectivity index (χ4n) is 12.1. The van der Waals surface area contributed by atoms with E-state index in [4.69, 9.17) is 0 Å². The lowest BCUT2D eigenvalue weighted by Crippen LogP contribution is -2.10. The maximum absolute atomic E-state index is 4.05. The summed E-state index contributed by atoms with van der Waals surface area (Å²) in [6.45, 7) is 15.9. The first-order valence-electron chi connectivity index (χ1n) is 31.0. The van der Waals surface area contributed by atoms with Crippen LogP contribution < -0.4 is 19.6 Å². The van der Waals surface area contributed by atoms with E-state index in [0.29, 0.717) is 0 Å². The second-order valence-electron chi connectivity index (χ2n) is 22.3. The Balaban J connectivity index is 0.000000171. The van der Waals surface area contributed by atoms with Crippen LogP contribution in [0.4, 0.5) is 68.2 Å². The van der Waals surface area contributed by atoms with E-state index in [1.54, 1.807) is 0 Å². The Morgan fingerprint density at radius 1 is 0.174 bits per heavy atom. The van der Waals surface area contributed by atoms with Crippen LogP contribution >= 0.6 is 0 Å². The Bertz CT molecular complexity index is 4500. The van der Waals surface area contributed by atoms with E-state index < -0.39 is 0 Å². The first-order chi connectivity index (χ1) is 45.5. The predicted octanol–water partition coefficient (Wildman–Crippen LogP) is 25.5. The van der Waals surface area contributed by atoms with Crippen molar-refractivity contribution in [3.8, 4) is 22.3 Å². The number of hydrogen-bond acceptors (Lipinski definition) is 4. The standard InChI is InChI=1S/C48H36N2.C40H32N2/c1-3-35-27-33-47(45-21-13-11-19-43(35)45)49(39-15-7-5-8-16-39)41-29-23-37(24-30-41)38-25-31-42(32-26-38)50(40-17-9-6-10-18-40)48-34-28-36(4-2)44-20-12-14-22-46(44)48;1-3-31-15-23-37(24-16-31)41(35-11-7-5-8-12-35)39-27-19-33(20-28-39)34-21-29-40(30-22-34)42(36-13-9-6-10-14-36)38-25-17-32(4-2)18-26-38/h3-34H,1-2H2;3-30H,1-2H2. The number of nitrogens with zero attached hydrogens (tertiary/aromatic N) is 4. The van der Waals surface area contributed by atoms with Crippen molar-refractivity contribution in [2.24, 2.45) is 0 Å². The highest BCUT2D eigenvalue weighted by Gasteiger charge is 2.20. The number of benzene rings is 14. The molecule has 14 rings (SSSR count). The molecule has 0 radical (unpaired) electrons. The lowest BCUT2D eigenvalue weighted by Gasteiger charge is -2.28. The molecule has 0 fully saturated rings. The van der Waals surface area contributed by atoms with E-state index in [1.807, 2.05) is 36.4 Å². The highest BCUT2D eigenvalue weighted by atomic mass is 15.2. The SMILES string of the molecule is C=Cc1ccc(N(c2ccccc2)c2ccc(-c3ccc(N(c4ccccc4)c4ccc(C=C)c5ccccc45)cc3)cc2)c2ccccc12.C=Cc1ccc(N(c2ccccc2)c2ccc(-c3ccc(N(c4ccccc4)c4ccc(C=C)cc4)cc3)cc2)cc1. The maximum atomic E-state index is 4.05. The maximum Gasteiger partial charge on any atom is 0.0540 e. The minimum atomic E-state index is 1.10. The van der Waals surface area contributed by atoms with Crippen LogP contribution in [0.1, 0.15) is 22.3 Å². The zero-order valence-corrected chi connectivity index (χ0v) is 51.3. The van der Waals surface area contributed by atoms with Crippen LogP contribution in [0.2, 0.25) is 0 Å². The van der Waals surface area contributed by atoms with Gasteiger partial charge in [0.15, 0.2) is 0 Å². The zero-order chi connectivity index (χ0) is 62.6. The molecule has 4 heteroatoms. The minimum Gasteiger partial charge on any atom is -0.311 e. The number of anilines is 12. The Morgan fingerprint density at radius 2 is 0.391 bits per heavy atom. The van der Waals surface area contributed by atoms with Crippen LogP contribution in [0.25, 0.3) is 68.1 Å². The van der Waals surface area contributed by atoms with Crippen LogP contribution in [0.5, 0.6) is 0 Å². The van der Waals surface area contributed by atoms with Gasteiger partial charge in [0.2, 0.25) is 0 Å². The van der Waals surface area contributed by atoms with Gasteiger partial charge in [0.25, 0.3) is 0 Å². The molecule has 0 heterocycles. The fourth-order valence-corrected chi connectivity index (χ4v) is 12.1. The first-order valence-corrected chi connectivity index (χ1v) is 31.0. The number of hydrogen-bond donors (Lipinski definition) is 0. The Kier molecular flexibility index (Phi) is 17.5. The largest absolute Gasteiger partial charge is 0.311 e. The summed E-state index contributed by atoms with van der Waals surface area (Å²) in [6, 6.07) is 120. The molecule has 0 aliphatic carbocycles. The van der Waals surface area contributed by atoms with Crippen LogP contribution in [-0.4, -0.2) is 0 Å². The van der Waals surface area contributed by atoms with Crippen LogP contribution in [0, 0.1) is 0 Å². The van der Waals surface area contributed by atoms with Gasteiger partial charge in [0.1, 0.15) is 0 Å². The molecule has 0 aliphatic heterocycles. The van der Waals surface area contributed by atoms with Gasteiger partial charge in [-0.15, -0.1) is 0 Å². The summed E-state index contributed by atoms with van der Waals surface area (Å²) in [5.41, 5.74) is 22.4. The first kappa shape index (κ1) is 58.8. The average Bonchev–Trinajstić information content (AvgIpc) is 0.942. The van der Waals surface area contributed by atoms with Crippen molar-refractivity contribution in [1.29, 1.82) is 0 Å². The van der Waals surface area contributed by atoms with Crippen molar-refractivity contribution < 1.29 is 0 Å². The molecule has 4 nitrogen and oxygen atoms in total. The Labute approximate surface area is 541 Å². The molecule has 0 aromatic heterocycles. The van der Waals surface area contributed by atoms with Gasteiger partial charge in [0.05, 0.1) is 11.4 Å². The Morgan fingerprint density at radius 3 is 0.652 bits per heavy atom. The molecule has 0 amide bonds. The van der Waals surface area contributed by atoms with E-state index in [1.165, 1.54) is 32.7 Å². The third-order valence-corrected chi connectivity index (χ3v) is 16.8. The van der Waals surface area contributed by atoms with Gasteiger partial charge >= 0.3 is 0 Å². The molecule has 0 spiro atoms. The highest BCUT2D eigenvalue weighted by molar-refractivity contribution is 6.04. The van der Waals surface area contributed by atoms with Crippen molar-refractivity contribution >= 4 is 114 Å². The topological polar surface area (TPSA) is 13.0 Å². The lowest BCUT2D eigenvalue weighted by molar-refractivity contribution is 1.28. The van der Waals surface area contributed by atoms with Crippen LogP contribution in [-0.2, 0) is 0 Å². The highest BCUT2D eigenvalue weighted by Crippen LogP contribution is 2.44. The summed E-state index contributed by atoms with van der Waals surface area (Å²) in [6.07, 6.45) is 7.60. The zero-order valence-electron chi connectivity index (χ0n) is 51.3. The smallest absolute Gasteiger partial charge is 0.0540 e. The van der Waals surface area contributed by atoms with E-state index in [0.717, 1.165) is 102 Å². The molecule has 92 heavy (non-hydrogen) atoms. The van der Waals surface area contributed by atoms with Gasteiger partial charge in [-0.25, -0.2) is 0 Å². The van der Waals surface area contributed by atoms with Crippen molar-refractivity contribution in [3.63, 3.8) is 0 Å².